The Morgan fingerprint density at radius 3 is 2.53 bits per heavy atom. The molecular formula is C10H9ClN2O3S. The Balaban J connectivity index is 2.96. The number of primary sulfonamides is 1. The standard InChI is InChI=1S/C10H9ClN2O3S/c1-5-2-10(14)13-8-4-7(11)9(3-6(5)8)17(12,15)16/h2-4H,1H3,(H,13,14)(H2,12,15,16). The zero-order valence-corrected chi connectivity index (χ0v) is 10.4. The average Bonchev–Trinajstić information content (AvgIpc) is 2.13. The number of sulfonamides is 1. The lowest BCUT2D eigenvalue weighted by Crippen LogP contribution is -2.13. The first kappa shape index (κ1) is 12.1. The van der Waals surface area contributed by atoms with E-state index in [1.807, 2.05) is 0 Å². The van der Waals surface area contributed by atoms with Crippen LogP contribution in [0.3, 0.4) is 0 Å². The van der Waals surface area contributed by atoms with Gasteiger partial charge in [0.1, 0.15) is 4.90 Å². The van der Waals surface area contributed by atoms with Crippen molar-refractivity contribution >= 4 is 32.5 Å². The predicted octanol–water partition coefficient (Wildman–Crippen LogP) is 1.14. The van der Waals surface area contributed by atoms with Gasteiger partial charge < -0.3 is 4.98 Å². The maximum absolute atomic E-state index is 11.3. The Morgan fingerprint density at radius 2 is 1.94 bits per heavy atom. The molecule has 0 aliphatic rings. The lowest BCUT2D eigenvalue weighted by atomic mass is 10.1. The Morgan fingerprint density at radius 1 is 1.29 bits per heavy atom. The van der Waals surface area contributed by atoms with E-state index in [4.69, 9.17) is 16.7 Å². The van der Waals surface area contributed by atoms with Gasteiger partial charge in [-0.05, 0) is 24.6 Å². The van der Waals surface area contributed by atoms with Gasteiger partial charge in [-0.2, -0.15) is 0 Å². The van der Waals surface area contributed by atoms with Crippen LogP contribution >= 0.6 is 11.6 Å². The molecule has 0 saturated heterocycles. The summed E-state index contributed by atoms with van der Waals surface area (Å²) in [6, 6.07) is 4.12. The largest absolute Gasteiger partial charge is 0.322 e. The number of H-pyrrole nitrogens is 1. The highest BCUT2D eigenvalue weighted by molar-refractivity contribution is 7.89. The van der Waals surface area contributed by atoms with Crippen LogP contribution in [0.1, 0.15) is 5.56 Å². The average molecular weight is 273 g/mol. The fourth-order valence-corrected chi connectivity index (χ4v) is 2.74. The van der Waals surface area contributed by atoms with E-state index < -0.39 is 10.0 Å². The van der Waals surface area contributed by atoms with Crippen molar-refractivity contribution in [3.63, 3.8) is 0 Å². The number of halogens is 1. The molecule has 90 valence electrons. The van der Waals surface area contributed by atoms with E-state index in [9.17, 15) is 13.2 Å². The van der Waals surface area contributed by atoms with Gasteiger partial charge >= 0.3 is 0 Å². The number of pyridine rings is 1. The number of aryl methyl sites for hydroxylation is 1. The zero-order chi connectivity index (χ0) is 12.8. The number of nitrogens with one attached hydrogen (secondary N) is 1. The van der Waals surface area contributed by atoms with Crippen LogP contribution in [0, 0.1) is 6.92 Å². The van der Waals surface area contributed by atoms with Crippen LogP contribution in [0.15, 0.2) is 27.9 Å². The molecule has 1 heterocycles. The number of benzene rings is 1. The van der Waals surface area contributed by atoms with Crippen LogP contribution in [0.4, 0.5) is 0 Å². The topological polar surface area (TPSA) is 93.0 Å². The van der Waals surface area contributed by atoms with Crippen LogP contribution in [0.5, 0.6) is 0 Å². The summed E-state index contributed by atoms with van der Waals surface area (Å²) >= 11 is 5.81. The molecule has 7 heteroatoms. The van der Waals surface area contributed by atoms with E-state index in [1.165, 1.54) is 18.2 Å². The Hall–Kier alpha value is -1.37. The molecule has 0 aliphatic carbocycles. The molecular weight excluding hydrogens is 264 g/mol. The molecule has 0 amide bonds. The molecule has 2 rings (SSSR count). The third-order valence-electron chi connectivity index (χ3n) is 2.41. The number of hydrogen-bond acceptors (Lipinski definition) is 3. The van der Waals surface area contributed by atoms with Crippen molar-refractivity contribution in [2.24, 2.45) is 5.14 Å². The summed E-state index contributed by atoms with van der Waals surface area (Å²) < 4.78 is 22.6. The fraction of sp³-hybridized carbons (Fsp3) is 0.100. The van der Waals surface area contributed by atoms with Gasteiger partial charge in [0.05, 0.1) is 10.5 Å². The van der Waals surface area contributed by atoms with E-state index in [0.29, 0.717) is 16.5 Å². The Kier molecular flexibility index (Phi) is 2.73. The maximum Gasteiger partial charge on any atom is 0.248 e. The van der Waals surface area contributed by atoms with Gasteiger partial charge in [-0.1, -0.05) is 11.6 Å². The summed E-state index contributed by atoms with van der Waals surface area (Å²) in [6.07, 6.45) is 0. The van der Waals surface area contributed by atoms with Crippen molar-refractivity contribution < 1.29 is 8.42 Å². The smallest absolute Gasteiger partial charge is 0.248 e. The van der Waals surface area contributed by atoms with Gasteiger partial charge in [0.2, 0.25) is 15.6 Å². The molecule has 0 bridgehead atoms. The quantitative estimate of drug-likeness (QED) is 0.815. The molecule has 5 nitrogen and oxygen atoms in total. The summed E-state index contributed by atoms with van der Waals surface area (Å²) in [5.74, 6) is 0. The lowest BCUT2D eigenvalue weighted by Gasteiger charge is -2.06. The van der Waals surface area contributed by atoms with Crippen molar-refractivity contribution in [2.45, 2.75) is 11.8 Å². The first-order chi connectivity index (χ1) is 7.79. The van der Waals surface area contributed by atoms with E-state index >= 15 is 0 Å². The molecule has 1 aromatic heterocycles. The maximum atomic E-state index is 11.3. The first-order valence-corrected chi connectivity index (χ1v) is 6.57. The minimum absolute atomic E-state index is 0.0127. The second-order valence-electron chi connectivity index (χ2n) is 3.69. The number of aromatic amines is 1. The third-order valence-corrected chi connectivity index (χ3v) is 3.78. The van der Waals surface area contributed by atoms with E-state index in [-0.39, 0.29) is 15.5 Å². The molecule has 0 fully saturated rings. The van der Waals surface area contributed by atoms with Gasteiger partial charge in [-0.25, -0.2) is 13.6 Å². The second kappa shape index (κ2) is 3.83. The van der Waals surface area contributed by atoms with Crippen molar-refractivity contribution in [3.05, 3.63) is 39.1 Å². The monoisotopic (exact) mass is 272 g/mol. The summed E-state index contributed by atoms with van der Waals surface area (Å²) in [5, 5.41) is 5.63. The first-order valence-electron chi connectivity index (χ1n) is 4.65. The number of aromatic nitrogens is 1. The van der Waals surface area contributed by atoms with Crippen molar-refractivity contribution in [1.82, 2.24) is 4.98 Å². The minimum Gasteiger partial charge on any atom is -0.322 e. The van der Waals surface area contributed by atoms with Gasteiger partial charge in [0.15, 0.2) is 0 Å². The summed E-state index contributed by atoms with van der Waals surface area (Å²) in [5.41, 5.74) is 0.868. The Bertz CT molecular complexity index is 765. The van der Waals surface area contributed by atoms with E-state index in [0.717, 1.165) is 0 Å². The molecule has 1 aromatic carbocycles. The second-order valence-corrected chi connectivity index (χ2v) is 5.63. The molecule has 2 aromatic rings. The Labute approximate surface area is 102 Å². The van der Waals surface area contributed by atoms with Gasteiger partial charge in [-0.3, -0.25) is 4.79 Å². The minimum atomic E-state index is -3.88. The van der Waals surface area contributed by atoms with Crippen molar-refractivity contribution in [1.29, 1.82) is 0 Å². The number of rotatable bonds is 1. The molecule has 0 unspecified atom stereocenters. The summed E-state index contributed by atoms with van der Waals surface area (Å²) in [4.78, 5) is 13.7. The van der Waals surface area contributed by atoms with Crippen LogP contribution in [0.25, 0.3) is 10.9 Å². The van der Waals surface area contributed by atoms with Gasteiger partial charge in [0.25, 0.3) is 0 Å². The number of hydrogen-bond donors (Lipinski definition) is 2. The molecule has 17 heavy (non-hydrogen) atoms. The molecule has 3 N–H and O–H groups in total. The zero-order valence-electron chi connectivity index (χ0n) is 8.82. The van der Waals surface area contributed by atoms with Gasteiger partial charge in [0, 0.05) is 11.5 Å². The molecule has 0 atom stereocenters. The fourth-order valence-electron chi connectivity index (χ4n) is 1.64. The van der Waals surface area contributed by atoms with E-state index in [1.54, 1.807) is 6.92 Å². The molecule has 0 radical (unpaired) electrons. The van der Waals surface area contributed by atoms with E-state index in [2.05, 4.69) is 4.98 Å². The van der Waals surface area contributed by atoms with Crippen LogP contribution in [-0.4, -0.2) is 13.4 Å². The predicted molar refractivity (Wildman–Crippen MR) is 65.7 cm³/mol. The van der Waals surface area contributed by atoms with Gasteiger partial charge in [-0.15, -0.1) is 0 Å². The molecule has 0 saturated carbocycles. The SMILES string of the molecule is Cc1cc(=O)[nH]c2cc(Cl)c(S(N)(=O)=O)cc12. The molecule has 0 aliphatic heterocycles. The van der Waals surface area contributed by atoms with Crippen LogP contribution in [-0.2, 0) is 10.0 Å². The lowest BCUT2D eigenvalue weighted by molar-refractivity contribution is 0.598. The van der Waals surface area contributed by atoms with Crippen molar-refractivity contribution in [3.8, 4) is 0 Å². The highest BCUT2D eigenvalue weighted by atomic mass is 35.5. The summed E-state index contributed by atoms with van der Waals surface area (Å²) in [6.45, 7) is 1.71. The summed E-state index contributed by atoms with van der Waals surface area (Å²) in [7, 11) is -3.88. The highest BCUT2D eigenvalue weighted by Crippen LogP contribution is 2.26. The number of nitrogens with two attached hydrogens (primary N) is 1. The van der Waals surface area contributed by atoms with Crippen molar-refractivity contribution in [2.75, 3.05) is 0 Å². The van der Waals surface area contributed by atoms with Crippen LogP contribution < -0.4 is 10.7 Å². The third kappa shape index (κ3) is 2.19. The normalized spacial score (nSPS) is 11.9. The number of fused-ring (bicyclic) bond motifs is 1. The highest BCUT2D eigenvalue weighted by Gasteiger charge is 2.15. The molecule has 0 spiro atoms. The van der Waals surface area contributed by atoms with Crippen LogP contribution in [0.2, 0.25) is 5.02 Å².